The number of aryl methyl sites for hydroxylation is 2. The molecule has 6 heteroatoms. The Labute approximate surface area is 132 Å². The van der Waals surface area contributed by atoms with E-state index in [1.54, 1.807) is 10.7 Å². The van der Waals surface area contributed by atoms with Crippen molar-refractivity contribution in [2.24, 2.45) is 12.0 Å². The van der Waals surface area contributed by atoms with Crippen molar-refractivity contribution in [1.82, 2.24) is 14.3 Å². The summed E-state index contributed by atoms with van der Waals surface area (Å²) in [6.07, 6.45) is 0. The Morgan fingerprint density at radius 3 is 2.73 bits per heavy atom. The minimum absolute atomic E-state index is 0.124. The molecule has 0 radical (unpaired) electrons. The molecule has 3 rings (SSSR count). The molecule has 0 fully saturated rings. The SMILES string of the molecule is Cc1cc(C(=O)N=c2sc3ccccc3n2C)n(C(C)C)n1. The monoisotopic (exact) mass is 314 g/mol. The molecule has 5 nitrogen and oxygen atoms in total. The molecule has 0 spiro atoms. The van der Waals surface area contributed by atoms with Crippen LogP contribution >= 0.6 is 11.3 Å². The highest BCUT2D eigenvalue weighted by Gasteiger charge is 2.15. The van der Waals surface area contributed by atoms with Crippen LogP contribution in [0.15, 0.2) is 35.3 Å². The Balaban J connectivity index is 2.11. The molecule has 3 aromatic rings. The predicted octanol–water partition coefficient (Wildman–Crippen LogP) is 3.07. The van der Waals surface area contributed by atoms with Crippen LogP contribution in [0.4, 0.5) is 0 Å². The van der Waals surface area contributed by atoms with Crippen LogP contribution in [0, 0.1) is 6.92 Å². The summed E-state index contributed by atoms with van der Waals surface area (Å²) in [5, 5.41) is 4.37. The number of thiazole rings is 1. The third kappa shape index (κ3) is 2.50. The number of carbonyl (C=O) groups is 1. The van der Waals surface area contributed by atoms with Gasteiger partial charge in [0.05, 0.1) is 15.9 Å². The highest BCUT2D eigenvalue weighted by atomic mass is 32.1. The number of fused-ring (bicyclic) bond motifs is 1. The number of para-hydroxylation sites is 1. The van der Waals surface area contributed by atoms with Crippen molar-refractivity contribution in [3.63, 3.8) is 0 Å². The van der Waals surface area contributed by atoms with Gasteiger partial charge in [0.15, 0.2) is 4.80 Å². The molecule has 2 aromatic heterocycles. The highest BCUT2D eigenvalue weighted by molar-refractivity contribution is 7.16. The van der Waals surface area contributed by atoms with Crippen LogP contribution in [0.1, 0.15) is 36.1 Å². The van der Waals surface area contributed by atoms with Gasteiger partial charge in [-0.15, -0.1) is 0 Å². The zero-order valence-corrected chi connectivity index (χ0v) is 13.9. The van der Waals surface area contributed by atoms with Crippen molar-refractivity contribution >= 4 is 27.5 Å². The van der Waals surface area contributed by atoms with Gasteiger partial charge in [0.2, 0.25) is 0 Å². The fraction of sp³-hybridized carbons (Fsp3) is 0.312. The molecule has 0 saturated carbocycles. The molecular weight excluding hydrogens is 296 g/mol. The van der Waals surface area contributed by atoms with E-state index in [1.165, 1.54) is 11.3 Å². The van der Waals surface area contributed by atoms with Crippen molar-refractivity contribution in [2.45, 2.75) is 26.8 Å². The maximum absolute atomic E-state index is 12.5. The second kappa shape index (κ2) is 5.53. The number of carbonyl (C=O) groups excluding carboxylic acids is 1. The number of nitrogens with zero attached hydrogens (tertiary/aromatic N) is 4. The van der Waals surface area contributed by atoms with Crippen molar-refractivity contribution in [3.8, 4) is 0 Å². The quantitative estimate of drug-likeness (QED) is 0.730. The van der Waals surface area contributed by atoms with E-state index >= 15 is 0 Å². The average Bonchev–Trinajstić information content (AvgIpc) is 3.01. The minimum Gasteiger partial charge on any atom is -0.319 e. The Kier molecular flexibility index (Phi) is 3.70. The summed E-state index contributed by atoms with van der Waals surface area (Å²) in [7, 11) is 1.93. The molecule has 22 heavy (non-hydrogen) atoms. The number of amides is 1. The van der Waals surface area contributed by atoms with Crippen molar-refractivity contribution in [3.05, 3.63) is 46.5 Å². The molecule has 0 aliphatic rings. The van der Waals surface area contributed by atoms with Crippen molar-refractivity contribution < 1.29 is 4.79 Å². The molecule has 0 unspecified atom stereocenters. The van der Waals surface area contributed by atoms with E-state index in [-0.39, 0.29) is 11.9 Å². The molecule has 1 aromatic carbocycles. The van der Waals surface area contributed by atoms with Gasteiger partial charge in [-0.2, -0.15) is 10.1 Å². The van der Waals surface area contributed by atoms with Crippen LogP contribution in [0.5, 0.6) is 0 Å². The third-order valence-corrected chi connectivity index (χ3v) is 4.59. The fourth-order valence-corrected chi connectivity index (χ4v) is 3.42. The van der Waals surface area contributed by atoms with Crippen LogP contribution in [-0.4, -0.2) is 20.3 Å². The second-order valence-electron chi connectivity index (χ2n) is 5.54. The Hall–Kier alpha value is -2.21. The summed E-state index contributed by atoms with van der Waals surface area (Å²) in [6, 6.07) is 9.95. The molecule has 0 saturated heterocycles. The molecule has 0 aliphatic heterocycles. The maximum Gasteiger partial charge on any atom is 0.297 e. The normalized spacial score (nSPS) is 12.5. The van der Waals surface area contributed by atoms with Gasteiger partial charge in [0, 0.05) is 13.1 Å². The molecule has 0 aliphatic carbocycles. The molecule has 0 atom stereocenters. The first-order valence-electron chi connectivity index (χ1n) is 7.17. The van der Waals surface area contributed by atoms with Crippen molar-refractivity contribution in [1.29, 1.82) is 0 Å². The summed E-state index contributed by atoms with van der Waals surface area (Å²) in [4.78, 5) is 17.5. The molecule has 2 heterocycles. The minimum atomic E-state index is -0.253. The summed E-state index contributed by atoms with van der Waals surface area (Å²) in [6.45, 7) is 5.89. The average molecular weight is 314 g/mol. The number of hydrogen-bond acceptors (Lipinski definition) is 3. The topological polar surface area (TPSA) is 52.2 Å². The number of rotatable bonds is 2. The molecular formula is C16H18N4OS. The van der Waals surface area contributed by atoms with Gasteiger partial charge in [-0.3, -0.25) is 9.48 Å². The maximum atomic E-state index is 12.5. The lowest BCUT2D eigenvalue weighted by Gasteiger charge is -2.07. The van der Waals surface area contributed by atoms with Gasteiger partial charge in [-0.25, -0.2) is 0 Å². The lowest BCUT2D eigenvalue weighted by Crippen LogP contribution is -2.16. The first kappa shape index (κ1) is 14.7. The smallest absolute Gasteiger partial charge is 0.297 e. The number of aromatic nitrogens is 3. The summed E-state index contributed by atoms with van der Waals surface area (Å²) >= 11 is 1.51. The highest BCUT2D eigenvalue weighted by Crippen LogP contribution is 2.16. The predicted molar refractivity (Wildman–Crippen MR) is 88.0 cm³/mol. The van der Waals surface area contributed by atoms with E-state index in [2.05, 4.69) is 10.1 Å². The Morgan fingerprint density at radius 2 is 2.05 bits per heavy atom. The van der Waals surface area contributed by atoms with Crippen LogP contribution in [0.25, 0.3) is 10.2 Å². The second-order valence-corrected chi connectivity index (χ2v) is 6.55. The van der Waals surface area contributed by atoms with Gasteiger partial charge < -0.3 is 4.57 Å². The van der Waals surface area contributed by atoms with Gasteiger partial charge in [-0.1, -0.05) is 23.5 Å². The van der Waals surface area contributed by atoms with E-state index in [9.17, 15) is 4.79 Å². The van der Waals surface area contributed by atoms with Crippen LogP contribution in [0.3, 0.4) is 0 Å². The van der Waals surface area contributed by atoms with E-state index in [1.807, 2.05) is 56.7 Å². The Morgan fingerprint density at radius 1 is 1.32 bits per heavy atom. The molecule has 114 valence electrons. The van der Waals surface area contributed by atoms with Crippen LogP contribution in [-0.2, 0) is 7.05 Å². The van der Waals surface area contributed by atoms with E-state index in [0.717, 1.165) is 15.9 Å². The van der Waals surface area contributed by atoms with Gasteiger partial charge in [-0.05, 0) is 39.0 Å². The molecule has 1 amide bonds. The van der Waals surface area contributed by atoms with E-state index in [4.69, 9.17) is 0 Å². The number of hydrogen-bond donors (Lipinski definition) is 0. The van der Waals surface area contributed by atoms with Gasteiger partial charge in [0.1, 0.15) is 5.69 Å². The molecule has 0 N–H and O–H groups in total. The summed E-state index contributed by atoms with van der Waals surface area (Å²) in [5.74, 6) is -0.253. The zero-order chi connectivity index (χ0) is 15.9. The van der Waals surface area contributed by atoms with Crippen LogP contribution < -0.4 is 4.80 Å². The lowest BCUT2D eigenvalue weighted by atomic mass is 10.3. The van der Waals surface area contributed by atoms with E-state index in [0.29, 0.717) is 10.5 Å². The molecule has 0 bridgehead atoms. The van der Waals surface area contributed by atoms with Gasteiger partial charge in [0.25, 0.3) is 5.91 Å². The summed E-state index contributed by atoms with van der Waals surface area (Å²) in [5.41, 5.74) is 2.44. The van der Waals surface area contributed by atoms with Crippen LogP contribution in [0.2, 0.25) is 0 Å². The lowest BCUT2D eigenvalue weighted by molar-refractivity contribution is 0.0986. The number of benzene rings is 1. The zero-order valence-electron chi connectivity index (χ0n) is 13.1. The standard InChI is InChI=1S/C16H18N4OS/c1-10(2)20-13(9-11(3)18-20)15(21)17-16-19(4)12-7-5-6-8-14(12)22-16/h5-10H,1-4H3. The largest absolute Gasteiger partial charge is 0.319 e. The van der Waals surface area contributed by atoms with Gasteiger partial charge >= 0.3 is 0 Å². The summed E-state index contributed by atoms with van der Waals surface area (Å²) < 4.78 is 4.79. The van der Waals surface area contributed by atoms with Crippen molar-refractivity contribution in [2.75, 3.05) is 0 Å². The Bertz CT molecular complexity index is 914. The van der Waals surface area contributed by atoms with E-state index < -0.39 is 0 Å². The fourth-order valence-electron chi connectivity index (χ4n) is 2.40. The first-order chi connectivity index (χ1) is 10.5. The third-order valence-electron chi connectivity index (χ3n) is 3.48. The first-order valence-corrected chi connectivity index (χ1v) is 7.99.